The van der Waals surface area contributed by atoms with E-state index in [2.05, 4.69) is 69.7 Å². The van der Waals surface area contributed by atoms with Crippen LogP contribution < -0.4 is 0 Å². The lowest BCUT2D eigenvalue weighted by Gasteiger charge is -2.33. The van der Waals surface area contributed by atoms with Crippen molar-refractivity contribution in [2.24, 2.45) is 5.92 Å². The molecule has 0 spiro atoms. The summed E-state index contributed by atoms with van der Waals surface area (Å²) in [4.78, 5) is 5.06. The molecule has 1 aliphatic rings. The van der Waals surface area contributed by atoms with Crippen molar-refractivity contribution in [1.82, 2.24) is 9.80 Å². The minimum atomic E-state index is 0.645. The second kappa shape index (κ2) is 8.82. The fraction of sp³-hybridized carbons (Fsp3) is 0.636. The predicted octanol–water partition coefficient (Wildman–Crippen LogP) is 4.67. The van der Waals surface area contributed by atoms with E-state index in [1.807, 2.05) is 0 Å². The highest BCUT2D eigenvalue weighted by molar-refractivity contribution is 5.62. The lowest BCUT2D eigenvalue weighted by Crippen LogP contribution is -2.44. The molecule has 1 aromatic carbocycles. The van der Waals surface area contributed by atoms with Crippen LogP contribution in [0.2, 0.25) is 0 Å². The lowest BCUT2D eigenvalue weighted by atomic mass is 9.90. The van der Waals surface area contributed by atoms with Crippen molar-refractivity contribution in [3.05, 3.63) is 40.0 Å². The van der Waals surface area contributed by atoms with Gasteiger partial charge >= 0.3 is 0 Å². The van der Waals surface area contributed by atoms with Crippen molar-refractivity contribution in [1.29, 1.82) is 0 Å². The van der Waals surface area contributed by atoms with E-state index in [1.54, 1.807) is 5.56 Å². The van der Waals surface area contributed by atoms with Crippen molar-refractivity contribution in [2.45, 2.75) is 54.0 Å². The second-order valence-corrected chi connectivity index (χ2v) is 7.55. The number of nitrogens with zero attached hydrogens (tertiary/aromatic N) is 2. The minimum Gasteiger partial charge on any atom is -0.304 e. The van der Waals surface area contributed by atoms with Gasteiger partial charge in [0, 0.05) is 32.7 Å². The molecule has 1 atom stereocenters. The molecular weight excluding hydrogens is 292 g/mol. The molecule has 1 unspecified atom stereocenters. The molecule has 2 heteroatoms. The molecule has 0 aliphatic carbocycles. The Morgan fingerprint density at radius 3 is 2.38 bits per heavy atom. The molecule has 0 N–H and O–H groups in total. The predicted molar refractivity (Wildman–Crippen MR) is 107 cm³/mol. The number of piperazine rings is 1. The highest BCUT2D eigenvalue weighted by Crippen LogP contribution is 2.27. The van der Waals surface area contributed by atoms with Crippen molar-refractivity contribution in [3.8, 4) is 0 Å². The van der Waals surface area contributed by atoms with E-state index in [-0.39, 0.29) is 0 Å². The van der Waals surface area contributed by atoms with E-state index in [4.69, 9.17) is 0 Å². The average molecular weight is 329 g/mol. The summed E-state index contributed by atoms with van der Waals surface area (Å²) in [5.41, 5.74) is 7.45. The molecule has 1 heterocycles. The van der Waals surface area contributed by atoms with Crippen molar-refractivity contribution in [3.63, 3.8) is 0 Å². The largest absolute Gasteiger partial charge is 0.304 e. The smallest absolute Gasteiger partial charge is 0.0243 e. The van der Waals surface area contributed by atoms with Gasteiger partial charge in [-0.25, -0.2) is 0 Å². The Kier molecular flexibility index (Phi) is 7.06. The van der Waals surface area contributed by atoms with E-state index in [1.165, 1.54) is 54.9 Å². The number of rotatable bonds is 6. The summed E-state index contributed by atoms with van der Waals surface area (Å²) in [6.07, 6.45) is 7.12. The normalized spacial score (nSPS) is 18.4. The summed E-state index contributed by atoms with van der Waals surface area (Å²) in [5.74, 6) is 0.645. The maximum absolute atomic E-state index is 2.63. The Labute approximate surface area is 149 Å². The van der Waals surface area contributed by atoms with Crippen LogP contribution in [-0.2, 0) is 13.0 Å². The molecule has 1 saturated heterocycles. The number of hydrogen-bond donors (Lipinski definition) is 0. The lowest BCUT2D eigenvalue weighted by molar-refractivity contribution is 0.148. The zero-order chi connectivity index (χ0) is 17.7. The fourth-order valence-electron chi connectivity index (χ4n) is 3.42. The average Bonchev–Trinajstić information content (AvgIpc) is 2.59. The molecule has 0 aromatic heterocycles. The third-order valence-corrected chi connectivity index (χ3v) is 5.69. The summed E-state index contributed by atoms with van der Waals surface area (Å²) < 4.78 is 0. The van der Waals surface area contributed by atoms with Crippen LogP contribution in [0.25, 0.3) is 6.08 Å². The van der Waals surface area contributed by atoms with Gasteiger partial charge in [0.05, 0.1) is 0 Å². The fourth-order valence-corrected chi connectivity index (χ4v) is 3.42. The van der Waals surface area contributed by atoms with Gasteiger partial charge in [-0.05, 0) is 61.1 Å². The first-order chi connectivity index (χ1) is 11.5. The van der Waals surface area contributed by atoms with Crippen LogP contribution in [0.1, 0.15) is 55.0 Å². The Bertz CT molecular complexity index is 566. The third-order valence-electron chi connectivity index (χ3n) is 5.69. The summed E-state index contributed by atoms with van der Waals surface area (Å²) >= 11 is 0. The van der Waals surface area contributed by atoms with Gasteiger partial charge < -0.3 is 4.90 Å². The first-order valence-corrected chi connectivity index (χ1v) is 9.67. The van der Waals surface area contributed by atoms with E-state index in [0.29, 0.717) is 5.92 Å². The van der Waals surface area contributed by atoms with E-state index in [9.17, 15) is 0 Å². The minimum absolute atomic E-state index is 0.645. The van der Waals surface area contributed by atoms with Crippen LogP contribution in [-0.4, -0.2) is 43.0 Å². The van der Waals surface area contributed by atoms with Gasteiger partial charge in [-0.15, -0.1) is 0 Å². The SMILES string of the molecule is CCc1cc(C)c(C)c(/C=C\C(C)CC)c1CN1CCN(C)CC1. The topological polar surface area (TPSA) is 6.48 Å². The zero-order valence-electron chi connectivity index (χ0n) is 16.7. The number of aryl methyl sites for hydroxylation is 2. The monoisotopic (exact) mass is 328 g/mol. The molecule has 134 valence electrons. The molecule has 0 radical (unpaired) electrons. The number of likely N-dealkylation sites (N-methyl/N-ethyl adjacent to an activating group) is 1. The van der Waals surface area contributed by atoms with Crippen molar-refractivity contribution >= 4 is 6.08 Å². The van der Waals surface area contributed by atoms with Crippen LogP contribution in [0.5, 0.6) is 0 Å². The molecule has 2 nitrogen and oxygen atoms in total. The molecule has 1 fully saturated rings. The van der Waals surface area contributed by atoms with Crippen LogP contribution >= 0.6 is 0 Å². The van der Waals surface area contributed by atoms with E-state index in [0.717, 1.165) is 13.0 Å². The van der Waals surface area contributed by atoms with Gasteiger partial charge in [-0.2, -0.15) is 0 Å². The Balaban J connectivity index is 2.35. The Hall–Kier alpha value is -1.12. The number of allylic oxidation sites excluding steroid dienone is 1. The van der Waals surface area contributed by atoms with Crippen LogP contribution in [0, 0.1) is 19.8 Å². The summed E-state index contributed by atoms with van der Waals surface area (Å²) in [6, 6.07) is 2.42. The van der Waals surface area contributed by atoms with Crippen molar-refractivity contribution in [2.75, 3.05) is 33.2 Å². The van der Waals surface area contributed by atoms with Gasteiger partial charge in [0.15, 0.2) is 0 Å². The second-order valence-electron chi connectivity index (χ2n) is 7.55. The van der Waals surface area contributed by atoms with Crippen LogP contribution in [0.3, 0.4) is 0 Å². The number of benzene rings is 1. The molecule has 0 saturated carbocycles. The maximum atomic E-state index is 2.63. The van der Waals surface area contributed by atoms with E-state index < -0.39 is 0 Å². The number of hydrogen-bond acceptors (Lipinski definition) is 2. The third kappa shape index (κ3) is 4.70. The van der Waals surface area contributed by atoms with Gasteiger partial charge in [0.1, 0.15) is 0 Å². The van der Waals surface area contributed by atoms with Gasteiger partial charge in [0.2, 0.25) is 0 Å². The quantitative estimate of drug-likeness (QED) is 0.748. The molecular formula is C22H36N2. The zero-order valence-corrected chi connectivity index (χ0v) is 16.7. The summed E-state index contributed by atoms with van der Waals surface area (Å²) in [7, 11) is 2.23. The van der Waals surface area contributed by atoms with Crippen LogP contribution in [0.15, 0.2) is 12.1 Å². The molecule has 0 amide bonds. The first-order valence-electron chi connectivity index (χ1n) is 9.67. The summed E-state index contributed by atoms with van der Waals surface area (Å²) in [5, 5.41) is 0. The Morgan fingerprint density at radius 1 is 1.12 bits per heavy atom. The molecule has 1 aromatic rings. The summed E-state index contributed by atoms with van der Waals surface area (Å²) in [6.45, 7) is 17.2. The van der Waals surface area contributed by atoms with Gasteiger partial charge in [-0.1, -0.05) is 45.4 Å². The van der Waals surface area contributed by atoms with Gasteiger partial charge in [0.25, 0.3) is 0 Å². The Morgan fingerprint density at radius 2 is 1.79 bits per heavy atom. The van der Waals surface area contributed by atoms with Crippen molar-refractivity contribution < 1.29 is 0 Å². The van der Waals surface area contributed by atoms with E-state index >= 15 is 0 Å². The molecule has 2 rings (SSSR count). The molecule has 1 aliphatic heterocycles. The first kappa shape index (κ1) is 19.2. The maximum Gasteiger partial charge on any atom is 0.0243 e. The van der Waals surface area contributed by atoms with Crippen LogP contribution in [0.4, 0.5) is 0 Å². The highest BCUT2D eigenvalue weighted by Gasteiger charge is 2.18. The standard InChI is InChI=1S/C22H36N2/c1-7-17(3)9-10-21-19(5)18(4)15-20(8-2)22(21)16-24-13-11-23(6)12-14-24/h9-10,15,17H,7-8,11-14,16H2,1-6H3/b10-9-. The van der Waals surface area contributed by atoms with Gasteiger partial charge in [-0.3, -0.25) is 4.90 Å². The molecule has 24 heavy (non-hydrogen) atoms. The molecule has 0 bridgehead atoms. The highest BCUT2D eigenvalue weighted by atomic mass is 15.2.